The summed E-state index contributed by atoms with van der Waals surface area (Å²) in [4.78, 5) is 13.4. The van der Waals surface area contributed by atoms with Crippen LogP contribution in [0.2, 0.25) is 0 Å². The van der Waals surface area contributed by atoms with E-state index in [2.05, 4.69) is 20.8 Å². The number of halogens is 1. The summed E-state index contributed by atoms with van der Waals surface area (Å²) in [6.45, 7) is 2.36. The van der Waals surface area contributed by atoms with E-state index >= 15 is 0 Å². The van der Waals surface area contributed by atoms with Gasteiger partial charge in [0.05, 0.1) is 24.6 Å². The van der Waals surface area contributed by atoms with E-state index in [0.29, 0.717) is 11.5 Å². The number of carbonyl (C=O) groups excluding carboxylic acids is 1. The molecule has 2 N–H and O–H groups in total. The second kappa shape index (κ2) is 6.45. The molecule has 6 heteroatoms. The average molecular weight is 343 g/mol. The number of primary amides is 1. The van der Waals surface area contributed by atoms with Gasteiger partial charge in [-0.3, -0.25) is 9.69 Å². The van der Waals surface area contributed by atoms with Crippen molar-refractivity contribution >= 4 is 21.8 Å². The summed E-state index contributed by atoms with van der Waals surface area (Å²) in [5.41, 5.74) is 6.46. The summed E-state index contributed by atoms with van der Waals surface area (Å²) < 4.78 is 11.5. The van der Waals surface area contributed by atoms with Crippen LogP contribution in [-0.4, -0.2) is 38.1 Å². The van der Waals surface area contributed by atoms with Gasteiger partial charge in [-0.1, -0.05) is 6.07 Å². The Labute approximate surface area is 127 Å². The van der Waals surface area contributed by atoms with Gasteiger partial charge >= 0.3 is 0 Å². The maximum Gasteiger partial charge on any atom is 0.221 e. The molecule has 0 bridgehead atoms. The second-order valence-corrected chi connectivity index (χ2v) is 5.69. The van der Waals surface area contributed by atoms with Crippen LogP contribution < -0.4 is 15.2 Å². The van der Waals surface area contributed by atoms with Crippen LogP contribution in [0.3, 0.4) is 0 Å². The molecule has 0 aromatic heterocycles. The average Bonchev–Trinajstić information content (AvgIpc) is 2.89. The van der Waals surface area contributed by atoms with Gasteiger partial charge in [-0.05, 0) is 40.5 Å². The Kier molecular flexibility index (Phi) is 4.88. The minimum Gasteiger partial charge on any atom is -0.493 e. The molecule has 1 amide bonds. The molecule has 2 rings (SSSR count). The quantitative estimate of drug-likeness (QED) is 0.885. The maximum absolute atomic E-state index is 11.2. The summed E-state index contributed by atoms with van der Waals surface area (Å²) in [6, 6.07) is 3.89. The third-order valence-electron chi connectivity index (χ3n) is 3.63. The lowest BCUT2D eigenvalue weighted by atomic mass is 10.1. The van der Waals surface area contributed by atoms with Crippen molar-refractivity contribution in [2.75, 3.05) is 27.3 Å². The van der Waals surface area contributed by atoms with Gasteiger partial charge in [-0.25, -0.2) is 0 Å². The van der Waals surface area contributed by atoms with Gasteiger partial charge in [0.25, 0.3) is 0 Å². The Morgan fingerprint density at radius 1 is 1.45 bits per heavy atom. The van der Waals surface area contributed by atoms with Crippen LogP contribution in [0.1, 0.15) is 12.0 Å². The van der Waals surface area contributed by atoms with E-state index in [1.807, 2.05) is 12.1 Å². The number of carbonyl (C=O) groups is 1. The first-order valence-corrected chi connectivity index (χ1v) is 7.27. The van der Waals surface area contributed by atoms with Gasteiger partial charge in [0.15, 0.2) is 11.5 Å². The lowest BCUT2D eigenvalue weighted by Gasteiger charge is -2.18. The molecule has 1 heterocycles. The zero-order valence-corrected chi connectivity index (χ0v) is 13.3. The molecule has 1 fully saturated rings. The summed E-state index contributed by atoms with van der Waals surface area (Å²) in [6.07, 6.45) is 0.834. The number of nitrogens with zero attached hydrogens (tertiary/aromatic N) is 1. The number of hydrogen-bond acceptors (Lipinski definition) is 4. The van der Waals surface area contributed by atoms with Crippen molar-refractivity contribution in [1.29, 1.82) is 0 Å². The van der Waals surface area contributed by atoms with Gasteiger partial charge in [-0.15, -0.1) is 0 Å². The number of rotatable bonds is 5. The van der Waals surface area contributed by atoms with E-state index in [1.165, 1.54) is 0 Å². The standard InChI is InChI=1S/C14H19BrN2O3/c1-19-11-4-3-9(12(15)13(11)20-2)7-17-6-5-10(8-17)14(16)18/h3-4,10H,5-8H2,1-2H3,(H2,16,18). The molecule has 1 aliphatic heterocycles. The van der Waals surface area contributed by atoms with E-state index in [4.69, 9.17) is 15.2 Å². The summed E-state index contributed by atoms with van der Waals surface area (Å²) in [7, 11) is 3.23. The SMILES string of the molecule is COc1ccc(CN2CCC(C(N)=O)C2)c(Br)c1OC. The Balaban J connectivity index is 2.13. The minimum absolute atomic E-state index is 0.0334. The van der Waals surface area contributed by atoms with E-state index in [0.717, 1.165) is 36.1 Å². The lowest BCUT2D eigenvalue weighted by Crippen LogP contribution is -2.27. The Morgan fingerprint density at radius 2 is 2.20 bits per heavy atom. The fourth-order valence-corrected chi connectivity index (χ4v) is 3.12. The summed E-state index contributed by atoms with van der Waals surface area (Å²) in [5, 5.41) is 0. The van der Waals surface area contributed by atoms with Crippen LogP contribution >= 0.6 is 15.9 Å². The molecule has 1 atom stereocenters. The van der Waals surface area contributed by atoms with Crippen molar-refractivity contribution in [3.8, 4) is 11.5 Å². The van der Waals surface area contributed by atoms with Crippen LogP contribution in [0.15, 0.2) is 16.6 Å². The Hall–Kier alpha value is -1.27. The molecule has 20 heavy (non-hydrogen) atoms. The minimum atomic E-state index is -0.209. The largest absolute Gasteiger partial charge is 0.493 e. The first-order chi connectivity index (χ1) is 9.56. The summed E-state index contributed by atoms with van der Waals surface area (Å²) in [5.74, 6) is 1.14. The molecule has 1 aliphatic rings. The van der Waals surface area contributed by atoms with Crippen molar-refractivity contribution in [1.82, 2.24) is 4.90 Å². The molecule has 0 spiro atoms. The molecule has 0 saturated carbocycles. The molecule has 0 radical (unpaired) electrons. The number of benzene rings is 1. The van der Waals surface area contributed by atoms with Gasteiger partial charge in [0.2, 0.25) is 5.91 Å². The van der Waals surface area contributed by atoms with Crippen molar-refractivity contribution in [3.63, 3.8) is 0 Å². The highest BCUT2D eigenvalue weighted by molar-refractivity contribution is 9.10. The highest BCUT2D eigenvalue weighted by Gasteiger charge is 2.27. The topological polar surface area (TPSA) is 64.8 Å². The number of likely N-dealkylation sites (tertiary alicyclic amines) is 1. The second-order valence-electron chi connectivity index (χ2n) is 4.90. The predicted molar refractivity (Wildman–Crippen MR) is 79.8 cm³/mol. The first-order valence-electron chi connectivity index (χ1n) is 6.47. The van der Waals surface area contributed by atoms with Crippen LogP contribution in [0, 0.1) is 5.92 Å². The zero-order chi connectivity index (χ0) is 14.7. The van der Waals surface area contributed by atoms with E-state index in [-0.39, 0.29) is 11.8 Å². The molecule has 5 nitrogen and oxygen atoms in total. The van der Waals surface area contributed by atoms with Crippen molar-refractivity contribution in [2.24, 2.45) is 11.7 Å². The molecule has 1 unspecified atom stereocenters. The van der Waals surface area contributed by atoms with Crippen molar-refractivity contribution in [3.05, 3.63) is 22.2 Å². The van der Waals surface area contributed by atoms with Gasteiger partial charge in [0.1, 0.15) is 0 Å². The van der Waals surface area contributed by atoms with Crippen LogP contribution in [0.25, 0.3) is 0 Å². The molecular weight excluding hydrogens is 324 g/mol. The smallest absolute Gasteiger partial charge is 0.221 e. The normalized spacial score (nSPS) is 19.1. The fourth-order valence-electron chi connectivity index (χ4n) is 2.50. The summed E-state index contributed by atoms with van der Waals surface area (Å²) >= 11 is 3.56. The third-order valence-corrected chi connectivity index (χ3v) is 4.50. The first kappa shape index (κ1) is 15.1. The van der Waals surface area contributed by atoms with Gasteiger partial charge < -0.3 is 15.2 Å². The molecule has 1 aromatic carbocycles. The fraction of sp³-hybridized carbons (Fsp3) is 0.500. The molecule has 1 saturated heterocycles. The zero-order valence-electron chi connectivity index (χ0n) is 11.7. The number of nitrogens with two attached hydrogens (primary N) is 1. The van der Waals surface area contributed by atoms with Crippen molar-refractivity contribution < 1.29 is 14.3 Å². The maximum atomic E-state index is 11.2. The lowest BCUT2D eigenvalue weighted by molar-refractivity contribution is -0.121. The number of hydrogen-bond donors (Lipinski definition) is 1. The van der Waals surface area contributed by atoms with E-state index < -0.39 is 0 Å². The van der Waals surface area contributed by atoms with Crippen molar-refractivity contribution in [2.45, 2.75) is 13.0 Å². The van der Waals surface area contributed by atoms with Crippen LogP contribution in [0.4, 0.5) is 0 Å². The Bertz CT molecular complexity index is 507. The molecular formula is C14H19BrN2O3. The predicted octanol–water partition coefficient (Wildman–Crippen LogP) is 1.77. The number of methoxy groups -OCH3 is 2. The van der Waals surface area contributed by atoms with Crippen LogP contribution in [-0.2, 0) is 11.3 Å². The Morgan fingerprint density at radius 3 is 2.75 bits per heavy atom. The van der Waals surface area contributed by atoms with E-state index in [1.54, 1.807) is 14.2 Å². The number of ether oxygens (including phenoxy) is 2. The third kappa shape index (κ3) is 3.07. The monoisotopic (exact) mass is 342 g/mol. The van der Waals surface area contributed by atoms with Gasteiger partial charge in [-0.2, -0.15) is 0 Å². The van der Waals surface area contributed by atoms with Crippen LogP contribution in [0.5, 0.6) is 11.5 Å². The van der Waals surface area contributed by atoms with Gasteiger partial charge in [0, 0.05) is 13.1 Å². The highest BCUT2D eigenvalue weighted by atomic mass is 79.9. The van der Waals surface area contributed by atoms with E-state index in [9.17, 15) is 4.79 Å². The molecule has 110 valence electrons. The highest BCUT2D eigenvalue weighted by Crippen LogP contribution is 2.38. The molecule has 0 aliphatic carbocycles. The number of amides is 1. The molecule has 1 aromatic rings.